The number of aliphatic carboxylic acids is 1. The average molecular weight is 325 g/mol. The number of nitrogens with one attached hydrogen (secondary N) is 1. The Bertz CT molecular complexity index is 755. The monoisotopic (exact) mass is 325 g/mol. The minimum Gasteiger partial charge on any atom is -0.481 e. The summed E-state index contributed by atoms with van der Waals surface area (Å²) >= 11 is 0. The predicted octanol–water partition coefficient (Wildman–Crippen LogP) is 3.56. The van der Waals surface area contributed by atoms with Gasteiger partial charge in [0.2, 0.25) is 5.91 Å². The van der Waals surface area contributed by atoms with E-state index in [9.17, 15) is 9.59 Å². The summed E-state index contributed by atoms with van der Waals surface area (Å²) in [5.41, 5.74) is 1.19. The molecule has 3 unspecified atom stereocenters. The van der Waals surface area contributed by atoms with E-state index in [4.69, 9.17) is 5.11 Å². The fourth-order valence-corrected chi connectivity index (χ4v) is 3.31. The molecule has 1 fully saturated rings. The van der Waals surface area contributed by atoms with Crippen LogP contribution in [0.2, 0.25) is 0 Å². The molecule has 4 heteroatoms. The number of fused-ring (bicyclic) bond motifs is 1. The first-order chi connectivity index (χ1) is 11.6. The third-order valence-corrected chi connectivity index (χ3v) is 4.84. The number of carboxylic acid groups (broad SMARTS) is 1. The van der Waals surface area contributed by atoms with E-state index in [1.807, 2.05) is 19.1 Å². The number of hydrogen-bond acceptors (Lipinski definition) is 2. The molecule has 0 aliphatic heterocycles. The summed E-state index contributed by atoms with van der Waals surface area (Å²) < 4.78 is 0. The van der Waals surface area contributed by atoms with Crippen molar-refractivity contribution in [1.82, 2.24) is 5.32 Å². The molecule has 1 saturated carbocycles. The van der Waals surface area contributed by atoms with E-state index in [2.05, 4.69) is 35.6 Å². The Morgan fingerprint density at radius 3 is 2.67 bits per heavy atom. The molecule has 0 heterocycles. The highest BCUT2D eigenvalue weighted by atomic mass is 16.4. The van der Waals surface area contributed by atoms with Crippen molar-refractivity contribution in [3.05, 3.63) is 48.0 Å². The molecule has 126 valence electrons. The molecular weight excluding hydrogens is 302 g/mol. The average Bonchev–Trinajstić information content (AvgIpc) is 3.38. The maximum absolute atomic E-state index is 12.3. The van der Waals surface area contributed by atoms with Crippen LogP contribution in [-0.4, -0.2) is 23.5 Å². The second kappa shape index (κ2) is 7.04. The Labute approximate surface area is 141 Å². The van der Waals surface area contributed by atoms with Crippen LogP contribution in [0.15, 0.2) is 42.5 Å². The Balaban J connectivity index is 1.59. The van der Waals surface area contributed by atoms with Gasteiger partial charge in [0.25, 0.3) is 0 Å². The van der Waals surface area contributed by atoms with E-state index >= 15 is 0 Å². The van der Waals surface area contributed by atoms with Gasteiger partial charge >= 0.3 is 5.97 Å². The zero-order valence-corrected chi connectivity index (χ0v) is 13.9. The summed E-state index contributed by atoms with van der Waals surface area (Å²) in [6, 6.07) is 14.5. The van der Waals surface area contributed by atoms with Crippen molar-refractivity contribution in [2.45, 2.75) is 32.1 Å². The molecule has 0 spiro atoms. The van der Waals surface area contributed by atoms with Crippen molar-refractivity contribution in [2.24, 2.45) is 11.8 Å². The van der Waals surface area contributed by atoms with Crippen molar-refractivity contribution in [3.63, 3.8) is 0 Å². The molecular formula is C20H23NO3. The van der Waals surface area contributed by atoms with E-state index < -0.39 is 11.9 Å². The largest absolute Gasteiger partial charge is 0.481 e. The summed E-state index contributed by atoms with van der Waals surface area (Å²) in [6.07, 6.45) is 2.24. The standard InChI is InChI=1S/C20H23NO3/c1-2-5-16(20(23)24)12-21-19(22)18-11-17(18)15-9-8-13-6-3-4-7-14(13)10-15/h3-4,6-10,16-18H,2,5,11-12H2,1H3,(H,21,22)(H,23,24). The normalized spacial score (nSPS) is 20.5. The lowest BCUT2D eigenvalue weighted by Gasteiger charge is -2.12. The molecule has 1 aliphatic rings. The molecule has 2 N–H and O–H groups in total. The number of hydrogen-bond donors (Lipinski definition) is 2. The summed E-state index contributed by atoms with van der Waals surface area (Å²) in [5.74, 6) is -1.11. The van der Waals surface area contributed by atoms with Gasteiger partial charge in [0.05, 0.1) is 5.92 Å². The van der Waals surface area contributed by atoms with E-state index in [0.29, 0.717) is 6.42 Å². The minimum absolute atomic E-state index is 0.0180. The molecule has 0 aromatic heterocycles. The molecule has 4 nitrogen and oxygen atoms in total. The van der Waals surface area contributed by atoms with E-state index in [1.165, 1.54) is 16.3 Å². The van der Waals surface area contributed by atoms with Crippen LogP contribution >= 0.6 is 0 Å². The molecule has 0 radical (unpaired) electrons. The van der Waals surface area contributed by atoms with Crippen molar-refractivity contribution in [3.8, 4) is 0 Å². The van der Waals surface area contributed by atoms with Gasteiger partial charge in [0.1, 0.15) is 0 Å². The molecule has 2 aromatic carbocycles. The molecule has 2 aromatic rings. The third kappa shape index (κ3) is 3.58. The summed E-state index contributed by atoms with van der Waals surface area (Å²) in [5, 5.41) is 14.4. The van der Waals surface area contributed by atoms with Crippen molar-refractivity contribution in [2.75, 3.05) is 6.54 Å². The van der Waals surface area contributed by atoms with Gasteiger partial charge in [0, 0.05) is 12.5 Å². The Kier molecular flexibility index (Phi) is 4.84. The van der Waals surface area contributed by atoms with Crippen LogP contribution in [0.25, 0.3) is 10.8 Å². The van der Waals surface area contributed by atoms with Crippen molar-refractivity contribution >= 4 is 22.6 Å². The lowest BCUT2D eigenvalue weighted by atomic mass is 10.0. The van der Waals surface area contributed by atoms with Gasteiger partial charge in [-0.3, -0.25) is 9.59 Å². The van der Waals surface area contributed by atoms with Gasteiger partial charge in [-0.2, -0.15) is 0 Å². The number of benzene rings is 2. The Morgan fingerprint density at radius 1 is 1.21 bits per heavy atom. The van der Waals surface area contributed by atoms with Crippen LogP contribution < -0.4 is 5.32 Å². The Morgan fingerprint density at radius 2 is 1.96 bits per heavy atom. The first kappa shape index (κ1) is 16.5. The van der Waals surface area contributed by atoms with E-state index in [-0.39, 0.29) is 24.3 Å². The fraction of sp³-hybridized carbons (Fsp3) is 0.400. The first-order valence-corrected chi connectivity index (χ1v) is 8.59. The number of carboxylic acids is 1. The smallest absolute Gasteiger partial charge is 0.308 e. The zero-order chi connectivity index (χ0) is 17.1. The summed E-state index contributed by atoms with van der Waals surface area (Å²) in [7, 11) is 0. The molecule has 0 bridgehead atoms. The van der Waals surface area contributed by atoms with E-state index in [0.717, 1.165) is 12.8 Å². The number of rotatable bonds is 7. The molecule has 1 aliphatic carbocycles. The van der Waals surface area contributed by atoms with Gasteiger partial charge in [-0.1, -0.05) is 55.8 Å². The van der Waals surface area contributed by atoms with Gasteiger partial charge < -0.3 is 10.4 Å². The molecule has 3 atom stereocenters. The van der Waals surface area contributed by atoms with Crippen molar-refractivity contribution in [1.29, 1.82) is 0 Å². The molecule has 3 rings (SSSR count). The lowest BCUT2D eigenvalue weighted by Crippen LogP contribution is -2.34. The van der Waals surface area contributed by atoms with Crippen LogP contribution in [0.1, 0.15) is 37.7 Å². The van der Waals surface area contributed by atoms with Gasteiger partial charge in [-0.05, 0) is 35.1 Å². The summed E-state index contributed by atoms with van der Waals surface area (Å²) in [6.45, 7) is 2.18. The Hall–Kier alpha value is -2.36. The van der Waals surface area contributed by atoms with Crippen molar-refractivity contribution < 1.29 is 14.7 Å². The lowest BCUT2D eigenvalue weighted by molar-refractivity contribution is -0.142. The SMILES string of the molecule is CCCC(CNC(=O)C1CC1c1ccc2ccccc2c1)C(=O)O. The highest BCUT2D eigenvalue weighted by Crippen LogP contribution is 2.48. The maximum atomic E-state index is 12.3. The van der Waals surface area contributed by atoms with Crippen LogP contribution in [0.4, 0.5) is 0 Å². The summed E-state index contributed by atoms with van der Waals surface area (Å²) in [4.78, 5) is 23.4. The molecule has 1 amide bonds. The third-order valence-electron chi connectivity index (χ3n) is 4.84. The van der Waals surface area contributed by atoms with Crippen LogP contribution in [0.5, 0.6) is 0 Å². The minimum atomic E-state index is -0.834. The van der Waals surface area contributed by atoms with Crippen LogP contribution in [0, 0.1) is 11.8 Å². The highest BCUT2D eigenvalue weighted by Gasteiger charge is 2.44. The van der Waals surface area contributed by atoms with Gasteiger partial charge in [0.15, 0.2) is 0 Å². The van der Waals surface area contributed by atoms with Gasteiger partial charge in [-0.25, -0.2) is 0 Å². The zero-order valence-electron chi connectivity index (χ0n) is 13.9. The predicted molar refractivity (Wildman–Crippen MR) is 93.8 cm³/mol. The van der Waals surface area contributed by atoms with Crippen LogP contribution in [0.3, 0.4) is 0 Å². The first-order valence-electron chi connectivity index (χ1n) is 8.59. The maximum Gasteiger partial charge on any atom is 0.308 e. The molecule has 24 heavy (non-hydrogen) atoms. The fourth-order valence-electron chi connectivity index (χ4n) is 3.31. The number of carbonyl (C=O) groups excluding carboxylic acids is 1. The highest BCUT2D eigenvalue weighted by molar-refractivity contribution is 5.86. The topological polar surface area (TPSA) is 66.4 Å². The van der Waals surface area contributed by atoms with E-state index in [1.54, 1.807) is 0 Å². The van der Waals surface area contributed by atoms with Crippen LogP contribution in [-0.2, 0) is 9.59 Å². The number of amides is 1. The molecule has 0 saturated heterocycles. The van der Waals surface area contributed by atoms with Gasteiger partial charge in [-0.15, -0.1) is 0 Å². The quantitative estimate of drug-likeness (QED) is 0.818. The second-order valence-corrected chi connectivity index (χ2v) is 6.62. The number of carbonyl (C=O) groups is 2. The second-order valence-electron chi connectivity index (χ2n) is 6.62.